The van der Waals surface area contributed by atoms with Crippen LogP contribution in [0.4, 0.5) is 5.82 Å². The van der Waals surface area contributed by atoms with Crippen molar-refractivity contribution < 1.29 is 9.47 Å². The molecule has 0 aliphatic carbocycles. The van der Waals surface area contributed by atoms with Crippen molar-refractivity contribution in [3.8, 4) is 11.5 Å². The molecule has 0 saturated carbocycles. The number of ether oxygens (including phenoxy) is 2. The van der Waals surface area contributed by atoms with Crippen LogP contribution in [0.3, 0.4) is 0 Å². The quantitative estimate of drug-likeness (QED) is 0.779. The SMILES string of the molecule is CC(C)(C)n1nc(Cc2ccc3c(c2)OCO3)c2c(N)ncnc21. The Hall–Kier alpha value is -2.83. The smallest absolute Gasteiger partial charge is 0.231 e. The van der Waals surface area contributed by atoms with E-state index in [2.05, 4.69) is 30.7 Å². The molecule has 1 aliphatic heterocycles. The summed E-state index contributed by atoms with van der Waals surface area (Å²) in [6, 6.07) is 5.90. The summed E-state index contributed by atoms with van der Waals surface area (Å²) in [4.78, 5) is 8.52. The number of hydrogen-bond acceptors (Lipinski definition) is 6. The zero-order valence-electron chi connectivity index (χ0n) is 13.9. The standard InChI is InChI=1S/C17H19N5O2/c1-17(2,3)22-16-14(15(18)19-8-20-16)11(21-22)6-10-4-5-12-13(7-10)24-9-23-12/h4-5,7-8H,6,9H2,1-3H3,(H2,18,19,20). The lowest BCUT2D eigenvalue weighted by molar-refractivity contribution is 0.174. The summed E-state index contributed by atoms with van der Waals surface area (Å²) in [6.45, 7) is 6.52. The van der Waals surface area contributed by atoms with Gasteiger partial charge < -0.3 is 15.2 Å². The molecular formula is C17H19N5O2. The van der Waals surface area contributed by atoms with E-state index in [-0.39, 0.29) is 12.3 Å². The van der Waals surface area contributed by atoms with Crippen molar-refractivity contribution in [2.75, 3.05) is 12.5 Å². The fourth-order valence-corrected chi connectivity index (χ4v) is 2.88. The lowest BCUT2D eigenvalue weighted by Gasteiger charge is -2.19. The van der Waals surface area contributed by atoms with Gasteiger partial charge in [0.2, 0.25) is 6.79 Å². The summed E-state index contributed by atoms with van der Waals surface area (Å²) in [6.07, 6.45) is 2.10. The van der Waals surface area contributed by atoms with Crippen molar-refractivity contribution in [3.05, 3.63) is 35.8 Å². The summed E-state index contributed by atoms with van der Waals surface area (Å²) in [7, 11) is 0. The molecule has 4 rings (SSSR count). The van der Waals surface area contributed by atoms with Crippen LogP contribution in [0, 0.1) is 0 Å². The molecule has 0 spiro atoms. The third kappa shape index (κ3) is 2.33. The van der Waals surface area contributed by atoms with E-state index in [1.807, 2.05) is 22.9 Å². The normalized spacial score (nSPS) is 13.6. The van der Waals surface area contributed by atoms with Crippen molar-refractivity contribution in [2.24, 2.45) is 0 Å². The average Bonchev–Trinajstić information content (AvgIpc) is 3.12. The molecule has 0 radical (unpaired) electrons. The maximum atomic E-state index is 6.11. The van der Waals surface area contributed by atoms with Gasteiger partial charge in [0, 0.05) is 6.42 Å². The van der Waals surface area contributed by atoms with Gasteiger partial charge >= 0.3 is 0 Å². The van der Waals surface area contributed by atoms with E-state index in [1.54, 1.807) is 0 Å². The van der Waals surface area contributed by atoms with Gasteiger partial charge in [0.1, 0.15) is 12.1 Å². The molecule has 0 saturated heterocycles. The van der Waals surface area contributed by atoms with Gasteiger partial charge in [-0.05, 0) is 38.5 Å². The summed E-state index contributed by atoms with van der Waals surface area (Å²) < 4.78 is 12.7. The molecule has 3 heterocycles. The number of nitrogens with zero attached hydrogens (tertiary/aromatic N) is 4. The van der Waals surface area contributed by atoms with Crippen LogP contribution in [0.25, 0.3) is 11.0 Å². The minimum atomic E-state index is -0.202. The molecule has 2 N–H and O–H groups in total. The Balaban J connectivity index is 1.82. The summed E-state index contributed by atoms with van der Waals surface area (Å²) in [5, 5.41) is 5.58. The first-order valence-electron chi connectivity index (χ1n) is 7.80. The molecule has 24 heavy (non-hydrogen) atoms. The van der Waals surface area contributed by atoms with E-state index >= 15 is 0 Å². The molecule has 7 nitrogen and oxygen atoms in total. The first kappa shape index (κ1) is 14.7. The number of benzene rings is 1. The Labute approximate surface area is 139 Å². The van der Waals surface area contributed by atoms with E-state index in [1.165, 1.54) is 6.33 Å². The maximum Gasteiger partial charge on any atom is 0.231 e. The third-order valence-electron chi connectivity index (χ3n) is 4.01. The zero-order chi connectivity index (χ0) is 16.9. The average molecular weight is 325 g/mol. The molecule has 3 aromatic rings. The Morgan fingerprint density at radius 1 is 1.17 bits per heavy atom. The van der Waals surface area contributed by atoms with Crippen LogP contribution in [0.15, 0.2) is 24.5 Å². The number of nitrogens with two attached hydrogens (primary N) is 1. The number of nitrogen functional groups attached to an aromatic ring is 1. The second kappa shape index (κ2) is 5.09. The number of fused-ring (bicyclic) bond motifs is 2. The molecule has 0 amide bonds. The first-order chi connectivity index (χ1) is 11.4. The van der Waals surface area contributed by atoms with E-state index in [4.69, 9.17) is 20.3 Å². The molecule has 1 aromatic carbocycles. The molecule has 1 aliphatic rings. The Bertz CT molecular complexity index is 927. The minimum absolute atomic E-state index is 0.202. The highest BCUT2D eigenvalue weighted by molar-refractivity contribution is 5.88. The molecule has 0 bridgehead atoms. The largest absolute Gasteiger partial charge is 0.454 e. The fourth-order valence-electron chi connectivity index (χ4n) is 2.88. The van der Waals surface area contributed by atoms with Crippen LogP contribution in [0.1, 0.15) is 32.0 Å². The van der Waals surface area contributed by atoms with Crippen LogP contribution in [-0.4, -0.2) is 26.5 Å². The Morgan fingerprint density at radius 2 is 1.96 bits per heavy atom. The lowest BCUT2D eigenvalue weighted by Crippen LogP contribution is -2.23. The number of rotatable bonds is 2. The van der Waals surface area contributed by atoms with Crippen LogP contribution >= 0.6 is 0 Å². The highest BCUT2D eigenvalue weighted by atomic mass is 16.7. The number of hydrogen-bond donors (Lipinski definition) is 1. The van der Waals surface area contributed by atoms with E-state index in [0.29, 0.717) is 12.2 Å². The van der Waals surface area contributed by atoms with Crippen LogP contribution in [-0.2, 0) is 12.0 Å². The monoisotopic (exact) mass is 325 g/mol. The summed E-state index contributed by atoms with van der Waals surface area (Å²) >= 11 is 0. The second-order valence-electron chi connectivity index (χ2n) is 6.85. The zero-order valence-corrected chi connectivity index (χ0v) is 13.9. The molecule has 0 atom stereocenters. The molecular weight excluding hydrogens is 306 g/mol. The summed E-state index contributed by atoms with van der Waals surface area (Å²) in [5.41, 5.74) is 8.59. The third-order valence-corrected chi connectivity index (χ3v) is 4.01. The van der Waals surface area contributed by atoms with Gasteiger partial charge in [0.15, 0.2) is 17.1 Å². The van der Waals surface area contributed by atoms with E-state index in [0.717, 1.165) is 33.8 Å². The van der Waals surface area contributed by atoms with Crippen LogP contribution in [0.2, 0.25) is 0 Å². The Morgan fingerprint density at radius 3 is 2.75 bits per heavy atom. The first-order valence-corrected chi connectivity index (χ1v) is 7.80. The molecule has 124 valence electrons. The van der Waals surface area contributed by atoms with Crippen molar-refractivity contribution in [2.45, 2.75) is 32.7 Å². The number of aromatic nitrogens is 4. The van der Waals surface area contributed by atoms with Gasteiger partial charge in [0.05, 0.1) is 16.6 Å². The van der Waals surface area contributed by atoms with Crippen molar-refractivity contribution in [3.63, 3.8) is 0 Å². The highest BCUT2D eigenvalue weighted by Gasteiger charge is 2.23. The fraction of sp³-hybridized carbons (Fsp3) is 0.353. The van der Waals surface area contributed by atoms with Gasteiger partial charge in [-0.25, -0.2) is 14.6 Å². The van der Waals surface area contributed by atoms with E-state index < -0.39 is 0 Å². The van der Waals surface area contributed by atoms with Gasteiger partial charge in [-0.15, -0.1) is 0 Å². The molecule has 0 unspecified atom stereocenters. The van der Waals surface area contributed by atoms with Gasteiger partial charge in [-0.2, -0.15) is 5.10 Å². The van der Waals surface area contributed by atoms with Crippen LogP contribution < -0.4 is 15.2 Å². The predicted molar refractivity (Wildman–Crippen MR) is 90.1 cm³/mol. The van der Waals surface area contributed by atoms with Gasteiger partial charge in [-0.3, -0.25) is 0 Å². The lowest BCUT2D eigenvalue weighted by atomic mass is 10.1. The van der Waals surface area contributed by atoms with Gasteiger partial charge in [-0.1, -0.05) is 6.07 Å². The maximum absolute atomic E-state index is 6.11. The minimum Gasteiger partial charge on any atom is -0.454 e. The second-order valence-corrected chi connectivity index (χ2v) is 6.85. The van der Waals surface area contributed by atoms with E-state index in [9.17, 15) is 0 Å². The Kier molecular flexibility index (Phi) is 3.13. The summed E-state index contributed by atoms with van der Waals surface area (Å²) in [5.74, 6) is 1.98. The molecule has 0 fully saturated rings. The number of anilines is 1. The van der Waals surface area contributed by atoms with Crippen LogP contribution in [0.5, 0.6) is 11.5 Å². The predicted octanol–water partition coefficient (Wildman–Crippen LogP) is 2.48. The molecule has 7 heteroatoms. The van der Waals surface area contributed by atoms with Gasteiger partial charge in [0.25, 0.3) is 0 Å². The molecule has 2 aromatic heterocycles. The highest BCUT2D eigenvalue weighted by Crippen LogP contribution is 2.34. The van der Waals surface area contributed by atoms with Crippen molar-refractivity contribution >= 4 is 16.9 Å². The topological polar surface area (TPSA) is 88.1 Å². The van der Waals surface area contributed by atoms with Crippen molar-refractivity contribution in [1.82, 2.24) is 19.7 Å². The van der Waals surface area contributed by atoms with Crippen molar-refractivity contribution in [1.29, 1.82) is 0 Å².